The van der Waals surface area contributed by atoms with E-state index in [1.54, 1.807) is 0 Å². The SMILES string of the molecule is N#CC1(CO)CC1CCc1ccccc1. The van der Waals surface area contributed by atoms with Gasteiger partial charge in [-0.3, -0.25) is 0 Å². The maximum atomic E-state index is 9.10. The van der Waals surface area contributed by atoms with Crippen LogP contribution in [0, 0.1) is 22.7 Å². The minimum Gasteiger partial charge on any atom is -0.395 e. The normalized spacial score (nSPS) is 28.4. The lowest BCUT2D eigenvalue weighted by atomic mass is 10.0. The van der Waals surface area contributed by atoms with Crippen molar-refractivity contribution in [2.75, 3.05) is 6.61 Å². The van der Waals surface area contributed by atoms with Crippen LogP contribution < -0.4 is 0 Å². The van der Waals surface area contributed by atoms with Crippen molar-refractivity contribution in [2.24, 2.45) is 11.3 Å². The highest BCUT2D eigenvalue weighted by atomic mass is 16.3. The molecule has 2 atom stereocenters. The summed E-state index contributed by atoms with van der Waals surface area (Å²) in [6.45, 7) is 0.0168. The van der Waals surface area contributed by atoms with Crippen molar-refractivity contribution in [2.45, 2.75) is 19.3 Å². The molecule has 2 rings (SSSR count). The molecule has 0 aromatic heterocycles. The zero-order valence-electron chi connectivity index (χ0n) is 8.69. The summed E-state index contributed by atoms with van der Waals surface area (Å²) in [5.41, 5.74) is 0.906. The quantitative estimate of drug-likeness (QED) is 0.811. The Balaban J connectivity index is 1.85. The molecule has 1 aliphatic rings. The van der Waals surface area contributed by atoms with Crippen LogP contribution in [0.2, 0.25) is 0 Å². The Hall–Kier alpha value is -1.33. The van der Waals surface area contributed by atoms with Crippen LogP contribution in [-0.2, 0) is 6.42 Å². The topological polar surface area (TPSA) is 44.0 Å². The van der Waals surface area contributed by atoms with Gasteiger partial charge >= 0.3 is 0 Å². The van der Waals surface area contributed by atoms with Gasteiger partial charge in [0.1, 0.15) is 0 Å². The summed E-state index contributed by atoms with van der Waals surface area (Å²) in [5, 5.41) is 18.0. The molecule has 0 radical (unpaired) electrons. The third-order valence-corrected chi connectivity index (χ3v) is 3.36. The predicted octanol–water partition coefficient (Wildman–Crippen LogP) is 2.14. The van der Waals surface area contributed by atoms with Crippen LogP contribution in [0.25, 0.3) is 0 Å². The molecule has 78 valence electrons. The highest BCUT2D eigenvalue weighted by molar-refractivity contribution is 5.19. The number of rotatable bonds is 4. The van der Waals surface area contributed by atoms with Crippen LogP contribution in [0.15, 0.2) is 30.3 Å². The van der Waals surface area contributed by atoms with Crippen LogP contribution in [-0.4, -0.2) is 11.7 Å². The van der Waals surface area contributed by atoms with E-state index >= 15 is 0 Å². The molecular formula is C13H15NO. The largest absolute Gasteiger partial charge is 0.395 e. The van der Waals surface area contributed by atoms with Gasteiger partial charge in [0, 0.05) is 0 Å². The van der Waals surface area contributed by atoms with Gasteiger partial charge in [-0.1, -0.05) is 30.3 Å². The van der Waals surface area contributed by atoms with Crippen LogP contribution in [0.3, 0.4) is 0 Å². The van der Waals surface area contributed by atoms with Gasteiger partial charge in [-0.25, -0.2) is 0 Å². The molecule has 15 heavy (non-hydrogen) atoms. The minimum absolute atomic E-state index is 0.0168. The van der Waals surface area contributed by atoms with E-state index < -0.39 is 5.41 Å². The first kappa shape index (κ1) is 10.2. The van der Waals surface area contributed by atoms with Crippen molar-refractivity contribution in [3.8, 4) is 6.07 Å². The molecule has 0 aliphatic heterocycles. The fourth-order valence-electron chi connectivity index (χ4n) is 2.11. The minimum atomic E-state index is -0.408. The van der Waals surface area contributed by atoms with Gasteiger partial charge in [-0.2, -0.15) is 5.26 Å². The molecular weight excluding hydrogens is 186 g/mol. The van der Waals surface area contributed by atoms with E-state index in [2.05, 4.69) is 18.2 Å². The van der Waals surface area contributed by atoms with E-state index in [9.17, 15) is 0 Å². The average molecular weight is 201 g/mol. The second kappa shape index (κ2) is 4.04. The molecule has 1 fully saturated rings. The Morgan fingerprint density at radius 1 is 1.40 bits per heavy atom. The van der Waals surface area contributed by atoms with Crippen molar-refractivity contribution in [3.63, 3.8) is 0 Å². The van der Waals surface area contributed by atoms with Crippen LogP contribution in [0.4, 0.5) is 0 Å². The molecule has 1 aromatic carbocycles. The predicted molar refractivity (Wildman–Crippen MR) is 58.0 cm³/mol. The molecule has 2 heteroatoms. The maximum Gasteiger partial charge on any atom is 0.0836 e. The summed E-state index contributed by atoms with van der Waals surface area (Å²) in [7, 11) is 0. The third kappa shape index (κ3) is 2.03. The van der Waals surface area contributed by atoms with Crippen molar-refractivity contribution in [1.82, 2.24) is 0 Å². The molecule has 2 nitrogen and oxygen atoms in total. The summed E-state index contributed by atoms with van der Waals surface area (Å²) >= 11 is 0. The summed E-state index contributed by atoms with van der Waals surface area (Å²) in [5.74, 6) is 0.396. The summed E-state index contributed by atoms with van der Waals surface area (Å²) in [4.78, 5) is 0. The Kier molecular flexibility index (Phi) is 2.75. The molecule has 0 saturated heterocycles. The van der Waals surface area contributed by atoms with Gasteiger partial charge in [-0.05, 0) is 30.7 Å². The van der Waals surface area contributed by atoms with Crippen LogP contribution in [0.1, 0.15) is 18.4 Å². The third-order valence-electron chi connectivity index (χ3n) is 3.36. The molecule has 1 saturated carbocycles. The zero-order chi connectivity index (χ0) is 10.7. The molecule has 1 aromatic rings. The first-order chi connectivity index (χ1) is 7.30. The number of aryl methyl sites for hydroxylation is 1. The molecule has 0 spiro atoms. The maximum absolute atomic E-state index is 9.10. The Morgan fingerprint density at radius 2 is 2.13 bits per heavy atom. The van der Waals surface area contributed by atoms with E-state index in [1.807, 2.05) is 18.2 Å². The molecule has 1 aliphatic carbocycles. The van der Waals surface area contributed by atoms with Gasteiger partial charge in [0.25, 0.3) is 0 Å². The van der Waals surface area contributed by atoms with E-state index in [-0.39, 0.29) is 6.61 Å². The Morgan fingerprint density at radius 3 is 2.67 bits per heavy atom. The lowest BCUT2D eigenvalue weighted by Crippen LogP contribution is -2.07. The first-order valence-electron chi connectivity index (χ1n) is 5.37. The lowest BCUT2D eigenvalue weighted by molar-refractivity contribution is 0.233. The monoisotopic (exact) mass is 201 g/mol. The number of aliphatic hydroxyl groups is 1. The number of benzene rings is 1. The lowest BCUT2D eigenvalue weighted by Gasteiger charge is -2.04. The van der Waals surface area contributed by atoms with Crippen molar-refractivity contribution in [1.29, 1.82) is 5.26 Å². The second-order valence-corrected chi connectivity index (χ2v) is 4.35. The van der Waals surface area contributed by atoms with Crippen LogP contribution >= 0.6 is 0 Å². The van der Waals surface area contributed by atoms with Crippen LogP contribution in [0.5, 0.6) is 0 Å². The van der Waals surface area contributed by atoms with E-state index in [4.69, 9.17) is 10.4 Å². The van der Waals surface area contributed by atoms with Gasteiger partial charge in [-0.15, -0.1) is 0 Å². The fourth-order valence-corrected chi connectivity index (χ4v) is 2.11. The van der Waals surface area contributed by atoms with Gasteiger partial charge in [0.05, 0.1) is 18.1 Å². The highest BCUT2D eigenvalue weighted by Gasteiger charge is 2.53. The Labute approximate surface area is 90.2 Å². The average Bonchev–Trinajstić information content (AvgIpc) is 3.02. The molecule has 1 N–H and O–H groups in total. The number of nitriles is 1. The van der Waals surface area contributed by atoms with Gasteiger partial charge in [0.2, 0.25) is 0 Å². The van der Waals surface area contributed by atoms with Gasteiger partial charge in [0.15, 0.2) is 0 Å². The zero-order valence-corrected chi connectivity index (χ0v) is 8.69. The second-order valence-electron chi connectivity index (χ2n) is 4.35. The van der Waals surface area contributed by atoms with Crippen molar-refractivity contribution in [3.05, 3.63) is 35.9 Å². The highest BCUT2D eigenvalue weighted by Crippen LogP contribution is 2.53. The molecule has 0 heterocycles. The molecule has 0 bridgehead atoms. The smallest absolute Gasteiger partial charge is 0.0836 e. The summed E-state index contributed by atoms with van der Waals surface area (Å²) in [6, 6.07) is 12.5. The number of hydrogen-bond acceptors (Lipinski definition) is 2. The van der Waals surface area contributed by atoms with Crippen molar-refractivity contribution < 1.29 is 5.11 Å². The standard InChI is InChI=1S/C13H15NO/c14-9-13(10-15)8-12(13)7-6-11-4-2-1-3-5-11/h1-5,12,15H,6-8,10H2. The number of aliphatic hydroxyl groups excluding tert-OH is 1. The summed E-state index contributed by atoms with van der Waals surface area (Å²) < 4.78 is 0. The van der Waals surface area contributed by atoms with E-state index in [0.29, 0.717) is 5.92 Å². The Bertz CT molecular complexity index is 368. The molecule has 0 amide bonds. The van der Waals surface area contributed by atoms with E-state index in [0.717, 1.165) is 19.3 Å². The summed E-state index contributed by atoms with van der Waals surface area (Å²) in [6.07, 6.45) is 2.89. The fraction of sp³-hybridized carbons (Fsp3) is 0.462. The van der Waals surface area contributed by atoms with E-state index in [1.165, 1.54) is 5.56 Å². The number of hydrogen-bond donors (Lipinski definition) is 1. The molecule has 2 unspecified atom stereocenters. The van der Waals surface area contributed by atoms with Crippen molar-refractivity contribution >= 4 is 0 Å². The first-order valence-corrected chi connectivity index (χ1v) is 5.37. The number of nitrogens with zero attached hydrogens (tertiary/aromatic N) is 1. The van der Waals surface area contributed by atoms with Gasteiger partial charge < -0.3 is 5.11 Å².